The fourth-order valence-electron chi connectivity index (χ4n) is 6.29. The van der Waals surface area contributed by atoms with Crippen LogP contribution in [0.2, 0.25) is 0 Å². The third-order valence-electron chi connectivity index (χ3n) is 8.17. The molecule has 0 amide bonds. The Morgan fingerprint density at radius 2 is 1.22 bits per heavy atom. The van der Waals surface area contributed by atoms with Crippen molar-refractivity contribution < 1.29 is 4.74 Å². The smallest absolute Gasteiger partial charge is 0.197 e. The Kier molecular flexibility index (Phi) is 5.60. The molecule has 6 aromatic rings. The zero-order valence-electron chi connectivity index (χ0n) is 22.5. The topological polar surface area (TPSA) is 15.7 Å². The molecule has 0 radical (unpaired) electrons. The van der Waals surface area contributed by atoms with Gasteiger partial charge in [0.25, 0.3) is 0 Å². The van der Waals surface area contributed by atoms with Crippen molar-refractivity contribution >= 4 is 33.5 Å². The van der Waals surface area contributed by atoms with E-state index in [0.717, 1.165) is 22.9 Å². The van der Waals surface area contributed by atoms with Gasteiger partial charge in [0.05, 0.1) is 11.7 Å². The summed E-state index contributed by atoms with van der Waals surface area (Å²) in [5.41, 5.74) is 8.13. The summed E-state index contributed by atoms with van der Waals surface area (Å²) in [6, 6.07) is 53.6. The van der Waals surface area contributed by atoms with Gasteiger partial charge >= 0.3 is 0 Å². The van der Waals surface area contributed by atoms with Gasteiger partial charge < -0.3 is 9.64 Å². The molecule has 2 aliphatic heterocycles. The lowest BCUT2D eigenvalue weighted by atomic mass is 10.0. The molecule has 41 heavy (non-hydrogen) atoms. The van der Waals surface area contributed by atoms with Crippen LogP contribution in [0.5, 0.6) is 0 Å². The summed E-state index contributed by atoms with van der Waals surface area (Å²) in [6.07, 6.45) is 2.20. The highest BCUT2D eigenvalue weighted by atomic mass is 16.5. The van der Waals surface area contributed by atoms with Crippen LogP contribution in [0, 0.1) is 0 Å². The van der Waals surface area contributed by atoms with Crippen LogP contribution >= 0.6 is 0 Å². The molecule has 0 saturated heterocycles. The molecule has 3 nitrogen and oxygen atoms in total. The third-order valence-corrected chi connectivity index (χ3v) is 8.17. The largest absolute Gasteiger partial charge is 0.468 e. The summed E-state index contributed by atoms with van der Waals surface area (Å²) in [7, 11) is 0. The van der Waals surface area contributed by atoms with E-state index in [1.165, 1.54) is 33.2 Å². The summed E-state index contributed by atoms with van der Waals surface area (Å²) < 4.78 is 6.94. The molecule has 0 fully saturated rings. The molecule has 0 aliphatic carbocycles. The van der Waals surface area contributed by atoms with Crippen LogP contribution in [0.4, 0.5) is 22.7 Å². The Bertz CT molecular complexity index is 1870. The highest BCUT2D eigenvalue weighted by Crippen LogP contribution is 2.52. The minimum absolute atomic E-state index is 0.0471. The molecule has 6 aromatic carbocycles. The van der Waals surface area contributed by atoms with Crippen molar-refractivity contribution in [2.45, 2.75) is 12.1 Å². The van der Waals surface area contributed by atoms with Gasteiger partial charge in [-0.2, -0.15) is 0 Å². The molecule has 2 heterocycles. The van der Waals surface area contributed by atoms with Crippen molar-refractivity contribution in [3.05, 3.63) is 169 Å². The summed E-state index contributed by atoms with van der Waals surface area (Å²) >= 11 is 0. The lowest BCUT2D eigenvalue weighted by Gasteiger charge is -2.28. The van der Waals surface area contributed by atoms with Crippen molar-refractivity contribution in [1.29, 1.82) is 0 Å². The Balaban J connectivity index is 1.27. The first-order valence-electron chi connectivity index (χ1n) is 14.1. The summed E-state index contributed by atoms with van der Waals surface area (Å²) in [4.78, 5) is 4.69. The van der Waals surface area contributed by atoms with E-state index in [1.807, 2.05) is 0 Å². The van der Waals surface area contributed by atoms with Gasteiger partial charge in [0, 0.05) is 34.1 Å². The molecule has 0 aromatic heterocycles. The van der Waals surface area contributed by atoms with E-state index in [2.05, 4.69) is 168 Å². The number of hydrogen-bond acceptors (Lipinski definition) is 3. The van der Waals surface area contributed by atoms with Crippen LogP contribution in [-0.4, -0.2) is 6.04 Å². The SMILES string of the molecule is C1=C(N(c2ccc(-c3ccccc3)cc2)c2cccc3ccccc23)OC2c3ccccc3N(c3ccccc3)C12. The maximum atomic E-state index is 6.94. The van der Waals surface area contributed by atoms with E-state index in [1.54, 1.807) is 0 Å². The second kappa shape index (κ2) is 9.72. The molecule has 3 heteroatoms. The number of fused-ring (bicyclic) bond motifs is 4. The Morgan fingerprint density at radius 1 is 0.561 bits per heavy atom. The molecule has 0 N–H and O–H groups in total. The molecule has 2 atom stereocenters. The lowest BCUT2D eigenvalue weighted by Crippen LogP contribution is -2.26. The van der Waals surface area contributed by atoms with Crippen LogP contribution in [-0.2, 0) is 4.74 Å². The minimum Gasteiger partial charge on any atom is -0.468 e. The van der Waals surface area contributed by atoms with Crippen molar-refractivity contribution in [3.8, 4) is 11.1 Å². The predicted octanol–water partition coefficient (Wildman–Crippen LogP) is 9.78. The molecule has 8 rings (SSSR count). The molecule has 0 saturated carbocycles. The van der Waals surface area contributed by atoms with Gasteiger partial charge in [0.15, 0.2) is 12.0 Å². The van der Waals surface area contributed by atoms with E-state index < -0.39 is 0 Å². The predicted molar refractivity (Wildman–Crippen MR) is 169 cm³/mol. The monoisotopic (exact) mass is 528 g/mol. The molecular formula is C38H28N2O. The number of anilines is 4. The second-order valence-electron chi connectivity index (χ2n) is 10.5. The second-order valence-corrected chi connectivity index (χ2v) is 10.5. The molecule has 2 unspecified atom stereocenters. The maximum Gasteiger partial charge on any atom is 0.197 e. The number of benzene rings is 6. The summed E-state index contributed by atoms with van der Waals surface area (Å²) in [6.45, 7) is 0. The number of para-hydroxylation sites is 2. The third kappa shape index (κ3) is 3.97. The van der Waals surface area contributed by atoms with E-state index >= 15 is 0 Å². The van der Waals surface area contributed by atoms with E-state index in [4.69, 9.17) is 4.74 Å². The number of nitrogens with zero attached hydrogens (tertiary/aromatic N) is 2. The van der Waals surface area contributed by atoms with Gasteiger partial charge in [-0.25, -0.2) is 0 Å². The average molecular weight is 529 g/mol. The summed E-state index contributed by atoms with van der Waals surface area (Å²) in [5.74, 6) is 0.847. The zero-order valence-corrected chi connectivity index (χ0v) is 22.5. The first-order chi connectivity index (χ1) is 20.3. The van der Waals surface area contributed by atoms with Crippen LogP contribution < -0.4 is 9.80 Å². The molecular weight excluding hydrogens is 500 g/mol. The average Bonchev–Trinajstić information content (AvgIpc) is 3.60. The van der Waals surface area contributed by atoms with E-state index in [-0.39, 0.29) is 12.1 Å². The Hall–Kier alpha value is -5.28. The van der Waals surface area contributed by atoms with Crippen LogP contribution in [0.15, 0.2) is 164 Å². The van der Waals surface area contributed by atoms with Gasteiger partial charge in [-0.05, 0) is 52.9 Å². The maximum absolute atomic E-state index is 6.94. The van der Waals surface area contributed by atoms with Crippen LogP contribution in [0.3, 0.4) is 0 Å². The quantitative estimate of drug-likeness (QED) is 0.221. The van der Waals surface area contributed by atoms with Crippen LogP contribution in [0.25, 0.3) is 21.9 Å². The van der Waals surface area contributed by atoms with Crippen molar-refractivity contribution in [2.75, 3.05) is 9.80 Å². The van der Waals surface area contributed by atoms with Gasteiger partial charge in [-0.3, -0.25) is 4.90 Å². The number of rotatable bonds is 5. The van der Waals surface area contributed by atoms with Gasteiger partial charge in [0.1, 0.15) is 0 Å². The normalized spacial score (nSPS) is 17.1. The molecule has 0 spiro atoms. The van der Waals surface area contributed by atoms with Gasteiger partial charge in [0.2, 0.25) is 0 Å². The van der Waals surface area contributed by atoms with E-state index in [0.29, 0.717) is 0 Å². The molecule has 2 aliphatic rings. The zero-order chi connectivity index (χ0) is 27.2. The van der Waals surface area contributed by atoms with E-state index in [9.17, 15) is 0 Å². The fourth-order valence-corrected chi connectivity index (χ4v) is 6.29. The number of hydrogen-bond donors (Lipinski definition) is 0. The number of ether oxygens (including phenoxy) is 1. The molecule has 196 valence electrons. The highest BCUT2D eigenvalue weighted by molar-refractivity contribution is 5.97. The lowest BCUT2D eigenvalue weighted by molar-refractivity contribution is 0.140. The fraction of sp³-hybridized carbons (Fsp3) is 0.0526. The highest BCUT2D eigenvalue weighted by Gasteiger charge is 2.45. The summed E-state index contributed by atoms with van der Waals surface area (Å²) in [5, 5.41) is 2.38. The Morgan fingerprint density at radius 3 is 2.05 bits per heavy atom. The standard InChI is InChI=1S/C38H28N2O/c1-3-12-27(13-4-1)28-22-24-31(25-23-28)40(34-21-11-15-29-14-7-8-18-32(29)34)37-26-36-38(41-37)33-19-9-10-20-35(33)39(36)30-16-5-2-6-17-30/h1-26,36,38H. The first-order valence-corrected chi connectivity index (χ1v) is 14.1. The first kappa shape index (κ1) is 23.6. The van der Waals surface area contributed by atoms with Gasteiger partial charge in [-0.15, -0.1) is 0 Å². The van der Waals surface area contributed by atoms with Crippen molar-refractivity contribution in [2.24, 2.45) is 0 Å². The van der Waals surface area contributed by atoms with Crippen LogP contribution in [0.1, 0.15) is 11.7 Å². The molecule has 0 bridgehead atoms. The Labute approximate surface area is 240 Å². The van der Waals surface area contributed by atoms with Gasteiger partial charge in [-0.1, -0.05) is 115 Å². The van der Waals surface area contributed by atoms with Crippen molar-refractivity contribution in [3.63, 3.8) is 0 Å². The van der Waals surface area contributed by atoms with Crippen molar-refractivity contribution in [1.82, 2.24) is 0 Å². The minimum atomic E-state index is -0.0949.